The van der Waals surface area contributed by atoms with E-state index in [1.807, 2.05) is 0 Å². The molecule has 0 saturated carbocycles. The van der Waals surface area contributed by atoms with E-state index in [2.05, 4.69) is 9.72 Å². The van der Waals surface area contributed by atoms with Crippen molar-refractivity contribution in [2.24, 2.45) is 0 Å². The lowest BCUT2D eigenvalue weighted by atomic mass is 9.86. The Morgan fingerprint density at radius 3 is 2.22 bits per heavy atom. The summed E-state index contributed by atoms with van der Waals surface area (Å²) in [6, 6.07) is 3.20. The highest BCUT2D eigenvalue weighted by Crippen LogP contribution is 2.35. The molecule has 1 aliphatic carbocycles. The fraction of sp³-hybridized carbons (Fsp3) is 0.167. The minimum absolute atomic E-state index is 0.00693. The van der Waals surface area contributed by atoms with Crippen molar-refractivity contribution in [2.75, 3.05) is 7.11 Å². The van der Waals surface area contributed by atoms with Crippen LogP contribution >= 0.6 is 0 Å². The van der Waals surface area contributed by atoms with Crippen molar-refractivity contribution in [3.63, 3.8) is 0 Å². The Balaban J connectivity index is 1.99. The fourth-order valence-electron chi connectivity index (χ4n) is 2.75. The highest BCUT2D eigenvalue weighted by Gasteiger charge is 2.36. The van der Waals surface area contributed by atoms with Crippen LogP contribution < -0.4 is 4.74 Å². The van der Waals surface area contributed by atoms with E-state index in [1.54, 1.807) is 0 Å². The summed E-state index contributed by atoms with van der Waals surface area (Å²) in [6.45, 7) is 0. The van der Waals surface area contributed by atoms with Gasteiger partial charge in [0.2, 0.25) is 5.88 Å². The van der Waals surface area contributed by atoms with Crippen LogP contribution in [0.25, 0.3) is 0 Å². The quantitative estimate of drug-likeness (QED) is 0.754. The molecule has 4 nitrogen and oxygen atoms in total. The van der Waals surface area contributed by atoms with Crippen molar-refractivity contribution < 1.29 is 36.3 Å². The Hall–Kier alpha value is -3.10. The number of hydrogen-bond acceptors (Lipinski definition) is 4. The number of nitrogens with zero attached hydrogens (tertiary/aromatic N) is 1. The zero-order chi connectivity index (χ0) is 19.9. The summed E-state index contributed by atoms with van der Waals surface area (Å²) < 4.78 is 71.0. The van der Waals surface area contributed by atoms with Crippen LogP contribution in [0.15, 0.2) is 35.9 Å². The predicted molar refractivity (Wildman–Crippen MR) is 82.6 cm³/mol. The Morgan fingerprint density at radius 1 is 1.00 bits per heavy atom. The Labute approximate surface area is 149 Å². The van der Waals surface area contributed by atoms with Gasteiger partial charge in [-0.2, -0.15) is 13.2 Å². The number of halogens is 5. The summed E-state index contributed by atoms with van der Waals surface area (Å²) in [5, 5.41) is 0. The van der Waals surface area contributed by atoms with Crippen LogP contribution in [0, 0.1) is 11.6 Å². The topological polar surface area (TPSA) is 56.3 Å². The minimum Gasteiger partial charge on any atom is -0.481 e. The second-order valence-corrected chi connectivity index (χ2v) is 5.68. The van der Waals surface area contributed by atoms with Gasteiger partial charge >= 0.3 is 6.18 Å². The molecule has 0 unspecified atom stereocenters. The van der Waals surface area contributed by atoms with Crippen LogP contribution in [-0.2, 0) is 12.6 Å². The van der Waals surface area contributed by atoms with E-state index in [9.17, 15) is 31.5 Å². The van der Waals surface area contributed by atoms with Gasteiger partial charge in [0.05, 0.1) is 18.2 Å². The lowest BCUT2D eigenvalue weighted by Gasteiger charge is -2.17. The van der Waals surface area contributed by atoms with E-state index in [-0.39, 0.29) is 17.7 Å². The summed E-state index contributed by atoms with van der Waals surface area (Å²) in [7, 11) is 1.00. The Bertz CT molecular complexity index is 995. The third-order valence-electron chi connectivity index (χ3n) is 3.96. The van der Waals surface area contributed by atoms with Gasteiger partial charge in [0.25, 0.3) is 0 Å². The lowest BCUT2D eigenvalue weighted by Crippen LogP contribution is -2.22. The lowest BCUT2D eigenvalue weighted by molar-refractivity contribution is -0.139. The van der Waals surface area contributed by atoms with Crippen LogP contribution in [-0.4, -0.2) is 23.7 Å². The Kier molecular flexibility index (Phi) is 4.54. The number of rotatable bonds is 3. The number of aromatic nitrogens is 1. The highest BCUT2D eigenvalue weighted by atomic mass is 19.4. The van der Waals surface area contributed by atoms with Crippen molar-refractivity contribution in [2.45, 2.75) is 12.6 Å². The number of ketones is 2. The minimum atomic E-state index is -4.69. The van der Waals surface area contributed by atoms with Crippen molar-refractivity contribution in [1.29, 1.82) is 0 Å². The molecule has 1 aromatic heterocycles. The molecule has 3 rings (SSSR count). The van der Waals surface area contributed by atoms with Gasteiger partial charge in [0.1, 0.15) is 17.2 Å². The summed E-state index contributed by atoms with van der Waals surface area (Å²) >= 11 is 0. The first-order valence-electron chi connectivity index (χ1n) is 7.52. The number of carbonyl (C=O) groups excluding carboxylic acids is 2. The number of allylic oxidation sites excluding steroid dienone is 2. The van der Waals surface area contributed by atoms with E-state index in [0.717, 1.165) is 37.5 Å². The number of benzene rings is 1. The first kappa shape index (κ1) is 18.7. The van der Waals surface area contributed by atoms with Gasteiger partial charge in [-0.25, -0.2) is 13.8 Å². The molecular formula is C18H10F5NO3. The molecule has 1 aromatic carbocycles. The molecule has 1 aliphatic rings. The van der Waals surface area contributed by atoms with E-state index >= 15 is 0 Å². The van der Waals surface area contributed by atoms with E-state index < -0.39 is 51.9 Å². The molecule has 0 saturated heterocycles. The maximum Gasteiger partial charge on any atom is 0.421 e. The van der Waals surface area contributed by atoms with E-state index in [0.29, 0.717) is 0 Å². The number of alkyl halides is 3. The number of carbonyl (C=O) groups is 2. The first-order chi connectivity index (χ1) is 12.6. The zero-order valence-corrected chi connectivity index (χ0v) is 13.7. The van der Waals surface area contributed by atoms with Gasteiger partial charge < -0.3 is 4.74 Å². The molecule has 0 spiro atoms. The summed E-state index contributed by atoms with van der Waals surface area (Å²) in [5.41, 5.74) is -2.69. The smallest absolute Gasteiger partial charge is 0.421 e. The standard InChI is InChI=1S/C18H10F5NO3/c1-27-17-10(18(21,22)23)3-2-9(24-17)6-8-7-13(25)14-11(19)4-5-12(20)15(14)16(8)26/h2-5,7H,6H2,1H3. The van der Waals surface area contributed by atoms with Gasteiger partial charge in [-0.15, -0.1) is 0 Å². The molecule has 0 fully saturated rings. The van der Waals surface area contributed by atoms with Crippen molar-refractivity contribution in [3.05, 3.63) is 69.9 Å². The van der Waals surface area contributed by atoms with Crippen LogP contribution in [0.2, 0.25) is 0 Å². The van der Waals surface area contributed by atoms with Crippen molar-refractivity contribution in [3.8, 4) is 5.88 Å². The average molecular weight is 383 g/mol. The maximum atomic E-state index is 14.0. The Morgan fingerprint density at radius 2 is 1.63 bits per heavy atom. The van der Waals surface area contributed by atoms with Gasteiger partial charge in [-0.3, -0.25) is 9.59 Å². The maximum absolute atomic E-state index is 14.0. The molecule has 0 atom stereocenters. The summed E-state index contributed by atoms with van der Waals surface area (Å²) in [5.74, 6) is -4.63. The third-order valence-corrected chi connectivity index (χ3v) is 3.96. The average Bonchev–Trinajstić information content (AvgIpc) is 2.60. The summed E-state index contributed by atoms with van der Waals surface area (Å²) in [4.78, 5) is 28.2. The van der Waals surface area contributed by atoms with E-state index in [4.69, 9.17) is 0 Å². The molecule has 0 amide bonds. The predicted octanol–water partition coefficient (Wildman–Crippen LogP) is 3.94. The number of ether oxygens (including phenoxy) is 1. The van der Waals surface area contributed by atoms with Crippen LogP contribution in [0.1, 0.15) is 32.0 Å². The number of methoxy groups -OCH3 is 1. The van der Waals surface area contributed by atoms with Gasteiger partial charge in [0, 0.05) is 17.7 Å². The van der Waals surface area contributed by atoms with Gasteiger partial charge in [0.15, 0.2) is 11.6 Å². The van der Waals surface area contributed by atoms with Gasteiger partial charge in [-0.05, 0) is 30.3 Å². The number of fused-ring (bicyclic) bond motifs is 1. The molecule has 9 heteroatoms. The van der Waals surface area contributed by atoms with E-state index in [1.165, 1.54) is 0 Å². The van der Waals surface area contributed by atoms with Crippen molar-refractivity contribution >= 4 is 11.6 Å². The molecule has 1 heterocycles. The number of hydrogen-bond donors (Lipinski definition) is 0. The molecule has 140 valence electrons. The molecule has 0 radical (unpaired) electrons. The molecule has 0 N–H and O–H groups in total. The van der Waals surface area contributed by atoms with Gasteiger partial charge in [-0.1, -0.05) is 0 Å². The zero-order valence-electron chi connectivity index (χ0n) is 13.7. The third kappa shape index (κ3) is 3.32. The highest BCUT2D eigenvalue weighted by molar-refractivity contribution is 6.24. The SMILES string of the molecule is COc1nc(CC2=CC(=O)c3c(F)ccc(F)c3C2=O)ccc1C(F)(F)F. The second-order valence-electron chi connectivity index (χ2n) is 5.68. The molecule has 27 heavy (non-hydrogen) atoms. The van der Waals surface area contributed by atoms with Crippen molar-refractivity contribution in [1.82, 2.24) is 4.98 Å². The normalized spacial score (nSPS) is 14.1. The largest absolute Gasteiger partial charge is 0.481 e. The fourth-order valence-corrected chi connectivity index (χ4v) is 2.75. The molecule has 0 bridgehead atoms. The summed E-state index contributed by atoms with van der Waals surface area (Å²) in [6.07, 6.45) is -4.21. The first-order valence-corrected chi connectivity index (χ1v) is 7.52. The second kappa shape index (κ2) is 6.57. The number of pyridine rings is 1. The van der Waals surface area contributed by atoms with Crippen LogP contribution in [0.5, 0.6) is 5.88 Å². The molecule has 2 aromatic rings. The van der Waals surface area contributed by atoms with Crippen LogP contribution in [0.4, 0.5) is 22.0 Å². The number of Topliss-reactive ketones (excluding diaryl/α,β-unsaturated/α-hetero) is 1. The molecule has 0 aliphatic heterocycles. The molecular weight excluding hydrogens is 373 g/mol. The monoisotopic (exact) mass is 383 g/mol. The van der Waals surface area contributed by atoms with Crippen LogP contribution in [0.3, 0.4) is 0 Å².